The number of aromatic amines is 1. The number of nitrogens with zero attached hydrogens (tertiary/aromatic N) is 3. The van der Waals surface area contributed by atoms with Gasteiger partial charge in [-0.15, -0.1) is 0 Å². The first-order chi connectivity index (χ1) is 11.7. The summed E-state index contributed by atoms with van der Waals surface area (Å²) in [7, 11) is 0. The second kappa shape index (κ2) is 6.99. The van der Waals surface area contributed by atoms with Crippen LogP contribution in [0.15, 0.2) is 48.9 Å². The molecule has 3 rings (SSSR count). The number of urea groups is 1. The molecule has 0 unspecified atom stereocenters. The number of rotatable bonds is 5. The van der Waals surface area contributed by atoms with E-state index in [1.165, 1.54) is 0 Å². The third kappa shape index (κ3) is 3.45. The highest BCUT2D eigenvalue weighted by molar-refractivity contribution is 5.99. The summed E-state index contributed by atoms with van der Waals surface area (Å²) in [5, 5.41) is 11.9. The van der Waals surface area contributed by atoms with Crippen LogP contribution in [-0.4, -0.2) is 25.8 Å². The SMILES string of the molecule is CCc1nccn1[C@@H](C)c1ccc(NC(=O)Nc2ccn[nH]2)cc1. The van der Waals surface area contributed by atoms with Gasteiger partial charge < -0.3 is 9.88 Å². The zero-order chi connectivity index (χ0) is 16.9. The van der Waals surface area contributed by atoms with Gasteiger partial charge in [0.2, 0.25) is 0 Å². The predicted molar refractivity (Wildman–Crippen MR) is 93.1 cm³/mol. The van der Waals surface area contributed by atoms with Gasteiger partial charge in [0.25, 0.3) is 0 Å². The maximum absolute atomic E-state index is 11.9. The van der Waals surface area contributed by atoms with Crippen LogP contribution in [0.25, 0.3) is 0 Å². The van der Waals surface area contributed by atoms with Gasteiger partial charge >= 0.3 is 6.03 Å². The van der Waals surface area contributed by atoms with Crippen molar-refractivity contribution in [3.63, 3.8) is 0 Å². The largest absolute Gasteiger partial charge is 0.328 e. The fourth-order valence-electron chi connectivity index (χ4n) is 2.59. The number of hydrogen-bond donors (Lipinski definition) is 3. The Bertz CT molecular complexity index is 791. The van der Waals surface area contributed by atoms with Crippen LogP contribution in [0, 0.1) is 0 Å². The van der Waals surface area contributed by atoms with E-state index in [-0.39, 0.29) is 12.1 Å². The summed E-state index contributed by atoms with van der Waals surface area (Å²) in [5.74, 6) is 1.61. The molecule has 3 N–H and O–H groups in total. The zero-order valence-electron chi connectivity index (χ0n) is 13.7. The molecule has 124 valence electrons. The minimum absolute atomic E-state index is 0.190. The molecule has 2 amide bonds. The molecule has 7 nitrogen and oxygen atoms in total. The quantitative estimate of drug-likeness (QED) is 0.672. The molecule has 0 aliphatic heterocycles. The zero-order valence-corrected chi connectivity index (χ0v) is 13.7. The maximum atomic E-state index is 11.9. The number of hydrogen-bond acceptors (Lipinski definition) is 3. The topological polar surface area (TPSA) is 87.6 Å². The third-order valence-corrected chi connectivity index (χ3v) is 3.88. The number of aryl methyl sites for hydroxylation is 1. The molecular formula is C17H20N6O. The highest BCUT2D eigenvalue weighted by Crippen LogP contribution is 2.21. The molecule has 1 atom stereocenters. The molecule has 0 spiro atoms. The number of aromatic nitrogens is 4. The maximum Gasteiger partial charge on any atom is 0.324 e. The van der Waals surface area contributed by atoms with Gasteiger partial charge in [0, 0.05) is 30.6 Å². The monoisotopic (exact) mass is 324 g/mol. The Balaban J connectivity index is 1.65. The first-order valence-electron chi connectivity index (χ1n) is 7.86. The minimum atomic E-state index is -0.317. The molecule has 1 aromatic carbocycles. The number of anilines is 2. The predicted octanol–water partition coefficient (Wildman–Crippen LogP) is 3.42. The molecule has 2 aromatic heterocycles. The first-order valence-corrected chi connectivity index (χ1v) is 7.86. The average Bonchev–Trinajstić information content (AvgIpc) is 3.25. The van der Waals surface area contributed by atoms with Crippen molar-refractivity contribution < 1.29 is 4.79 Å². The minimum Gasteiger partial charge on any atom is -0.328 e. The van der Waals surface area contributed by atoms with E-state index >= 15 is 0 Å². The van der Waals surface area contributed by atoms with Crippen LogP contribution in [0.4, 0.5) is 16.3 Å². The van der Waals surface area contributed by atoms with E-state index < -0.39 is 0 Å². The van der Waals surface area contributed by atoms with E-state index in [2.05, 4.69) is 44.2 Å². The van der Waals surface area contributed by atoms with Gasteiger partial charge in [0.1, 0.15) is 11.6 Å². The van der Waals surface area contributed by atoms with E-state index in [0.717, 1.165) is 23.5 Å². The smallest absolute Gasteiger partial charge is 0.324 e. The molecule has 7 heteroatoms. The highest BCUT2D eigenvalue weighted by Gasteiger charge is 2.11. The van der Waals surface area contributed by atoms with Crippen LogP contribution >= 0.6 is 0 Å². The molecule has 0 fully saturated rings. The van der Waals surface area contributed by atoms with E-state index in [9.17, 15) is 4.79 Å². The van der Waals surface area contributed by atoms with Crippen molar-refractivity contribution in [2.75, 3.05) is 10.6 Å². The van der Waals surface area contributed by atoms with Crippen LogP contribution < -0.4 is 10.6 Å². The van der Waals surface area contributed by atoms with Crippen molar-refractivity contribution in [2.45, 2.75) is 26.3 Å². The van der Waals surface area contributed by atoms with Crippen LogP contribution in [0.1, 0.15) is 31.3 Å². The van der Waals surface area contributed by atoms with Gasteiger partial charge in [-0.3, -0.25) is 10.4 Å². The van der Waals surface area contributed by atoms with E-state index in [0.29, 0.717) is 5.82 Å². The van der Waals surface area contributed by atoms with E-state index in [4.69, 9.17) is 0 Å². The summed E-state index contributed by atoms with van der Waals surface area (Å²) < 4.78 is 2.16. The Morgan fingerprint density at radius 2 is 2.00 bits per heavy atom. The summed E-state index contributed by atoms with van der Waals surface area (Å²) in [6.45, 7) is 4.23. The lowest BCUT2D eigenvalue weighted by atomic mass is 10.1. The fourth-order valence-corrected chi connectivity index (χ4v) is 2.59. The second-order valence-electron chi connectivity index (χ2n) is 5.45. The number of benzene rings is 1. The summed E-state index contributed by atoms with van der Waals surface area (Å²) in [4.78, 5) is 16.2. The number of imidazole rings is 1. The summed E-state index contributed by atoms with van der Waals surface area (Å²) in [6.07, 6.45) is 6.29. The van der Waals surface area contributed by atoms with Crippen LogP contribution in [-0.2, 0) is 6.42 Å². The molecule has 0 bridgehead atoms. The highest BCUT2D eigenvalue weighted by atomic mass is 16.2. The lowest BCUT2D eigenvalue weighted by Gasteiger charge is -2.17. The molecule has 0 aliphatic carbocycles. The van der Waals surface area contributed by atoms with Gasteiger partial charge in [0.15, 0.2) is 0 Å². The molecule has 3 aromatic rings. The van der Waals surface area contributed by atoms with Gasteiger partial charge in [-0.1, -0.05) is 19.1 Å². The molecule has 2 heterocycles. The van der Waals surface area contributed by atoms with Gasteiger partial charge in [-0.05, 0) is 24.6 Å². The summed E-state index contributed by atoms with van der Waals surface area (Å²) in [6, 6.07) is 9.35. The molecule has 0 saturated carbocycles. The van der Waals surface area contributed by atoms with Gasteiger partial charge in [-0.25, -0.2) is 9.78 Å². The Kier molecular flexibility index (Phi) is 4.60. The van der Waals surface area contributed by atoms with Crippen molar-refractivity contribution in [1.82, 2.24) is 19.7 Å². The Morgan fingerprint density at radius 3 is 2.67 bits per heavy atom. The number of nitrogens with one attached hydrogen (secondary N) is 3. The van der Waals surface area contributed by atoms with E-state index in [1.54, 1.807) is 12.3 Å². The molecule has 0 saturated heterocycles. The van der Waals surface area contributed by atoms with E-state index in [1.807, 2.05) is 36.7 Å². The van der Waals surface area contributed by atoms with Crippen LogP contribution in [0.5, 0.6) is 0 Å². The number of carbonyl (C=O) groups is 1. The Labute approximate surface area is 140 Å². The lowest BCUT2D eigenvalue weighted by Crippen LogP contribution is -2.19. The number of carbonyl (C=O) groups excluding carboxylic acids is 1. The van der Waals surface area contributed by atoms with Crippen molar-refractivity contribution in [1.29, 1.82) is 0 Å². The Hall–Kier alpha value is -3.09. The summed E-state index contributed by atoms with van der Waals surface area (Å²) >= 11 is 0. The molecular weight excluding hydrogens is 304 g/mol. The van der Waals surface area contributed by atoms with Crippen molar-refractivity contribution >= 4 is 17.5 Å². The van der Waals surface area contributed by atoms with Crippen molar-refractivity contribution in [3.05, 3.63) is 60.3 Å². The Morgan fingerprint density at radius 1 is 1.21 bits per heavy atom. The lowest BCUT2D eigenvalue weighted by molar-refractivity contribution is 0.262. The molecule has 24 heavy (non-hydrogen) atoms. The van der Waals surface area contributed by atoms with Gasteiger partial charge in [-0.2, -0.15) is 5.10 Å². The van der Waals surface area contributed by atoms with Crippen LogP contribution in [0.2, 0.25) is 0 Å². The fraction of sp³-hybridized carbons (Fsp3) is 0.235. The number of H-pyrrole nitrogens is 1. The molecule has 0 aliphatic rings. The van der Waals surface area contributed by atoms with Gasteiger partial charge in [0.05, 0.1) is 12.2 Å². The van der Waals surface area contributed by atoms with Crippen molar-refractivity contribution in [3.8, 4) is 0 Å². The van der Waals surface area contributed by atoms with Crippen LogP contribution in [0.3, 0.4) is 0 Å². The normalized spacial score (nSPS) is 11.9. The summed E-state index contributed by atoms with van der Waals surface area (Å²) in [5.41, 5.74) is 1.88. The standard InChI is InChI=1S/C17H20N6O/c1-3-16-18-10-11-23(16)12(2)13-4-6-14(7-5-13)20-17(24)21-15-8-9-19-22-15/h4-12H,3H2,1-2H3,(H3,19,20,21,22,24)/t12-/m0/s1. The number of amides is 2. The second-order valence-corrected chi connectivity index (χ2v) is 5.45. The van der Waals surface area contributed by atoms with Crippen molar-refractivity contribution in [2.24, 2.45) is 0 Å². The average molecular weight is 324 g/mol. The third-order valence-electron chi connectivity index (χ3n) is 3.88. The first kappa shape index (κ1) is 15.8. The molecule has 0 radical (unpaired) electrons.